The molecular formula is C25H30MgN2O5. The first kappa shape index (κ1) is 26.6. The summed E-state index contributed by atoms with van der Waals surface area (Å²) >= 11 is 0. The number of nitrogens with zero attached hydrogens (tertiary/aromatic N) is 2. The molecule has 0 saturated carbocycles. The number of hydrogen-bond acceptors (Lipinski definition) is 5. The number of aryl methyl sites for hydroxylation is 1. The predicted octanol–water partition coefficient (Wildman–Crippen LogP) is 3.43. The Labute approximate surface area is 212 Å². The van der Waals surface area contributed by atoms with Crippen molar-refractivity contribution in [3.05, 3.63) is 82.4 Å². The number of hydrogen-bond donors (Lipinski definition) is 1. The molecule has 1 N–H and O–H groups in total. The number of aromatic nitrogens is 2. The van der Waals surface area contributed by atoms with Gasteiger partial charge in [0.2, 0.25) is 0 Å². The Hall–Kier alpha value is -2.68. The Kier molecular flexibility index (Phi) is 10.6. The van der Waals surface area contributed by atoms with Crippen LogP contribution in [0.1, 0.15) is 28.1 Å². The van der Waals surface area contributed by atoms with E-state index in [0.29, 0.717) is 43.4 Å². The first-order valence-corrected chi connectivity index (χ1v) is 10.7. The molecule has 0 saturated heterocycles. The quantitative estimate of drug-likeness (QED) is 0.439. The Morgan fingerprint density at radius 2 is 1.82 bits per heavy atom. The zero-order chi connectivity index (χ0) is 22.9. The maximum Gasteiger partial charge on any atom is 2.00 e. The number of aliphatic carboxylic acids is 1. The van der Waals surface area contributed by atoms with Gasteiger partial charge in [-0.3, -0.25) is 9.36 Å². The molecule has 1 unspecified atom stereocenters. The van der Waals surface area contributed by atoms with Crippen molar-refractivity contribution >= 4 is 29.0 Å². The van der Waals surface area contributed by atoms with E-state index in [1.54, 1.807) is 29.7 Å². The maximum atomic E-state index is 12.7. The minimum absolute atomic E-state index is 0. The first-order valence-electron chi connectivity index (χ1n) is 10.7. The topological polar surface area (TPSA) is 90.7 Å². The third kappa shape index (κ3) is 7.41. The monoisotopic (exact) mass is 462 g/mol. The molecule has 172 valence electrons. The van der Waals surface area contributed by atoms with E-state index in [4.69, 9.17) is 9.47 Å². The molecule has 1 heterocycles. The van der Waals surface area contributed by atoms with Crippen LogP contribution in [-0.4, -0.2) is 63.0 Å². The van der Waals surface area contributed by atoms with Gasteiger partial charge < -0.3 is 17.4 Å². The zero-order valence-corrected chi connectivity index (χ0v) is 20.5. The van der Waals surface area contributed by atoms with Crippen LogP contribution in [0.15, 0.2) is 65.5 Å². The van der Waals surface area contributed by atoms with Crippen molar-refractivity contribution in [2.45, 2.75) is 39.3 Å². The molecule has 2 aromatic carbocycles. The van der Waals surface area contributed by atoms with Crippen LogP contribution in [0.5, 0.6) is 5.75 Å². The van der Waals surface area contributed by atoms with Gasteiger partial charge in [0, 0.05) is 31.1 Å². The fraction of sp³-hybridized carbons (Fsp3) is 0.320. The van der Waals surface area contributed by atoms with E-state index in [9.17, 15) is 14.7 Å². The average molecular weight is 463 g/mol. The molecule has 0 radical (unpaired) electrons. The van der Waals surface area contributed by atoms with Gasteiger partial charge in [-0.25, -0.2) is 9.78 Å². The largest absolute Gasteiger partial charge is 2.00 e. The second-order valence-corrected chi connectivity index (χ2v) is 7.25. The number of rotatable bonds is 11. The minimum Gasteiger partial charge on any atom is -1.00 e. The van der Waals surface area contributed by atoms with Gasteiger partial charge >= 0.3 is 29.0 Å². The summed E-state index contributed by atoms with van der Waals surface area (Å²) in [5.74, 6) is 0.388. The Morgan fingerprint density at radius 1 is 1.12 bits per heavy atom. The van der Waals surface area contributed by atoms with Crippen molar-refractivity contribution < 1.29 is 22.2 Å². The van der Waals surface area contributed by atoms with Crippen LogP contribution in [0.4, 0.5) is 0 Å². The molecule has 3 rings (SSSR count). The SMILES string of the molecule is CCOC(Cc1ccc(OCCn2c(CC)nc(-c3ccccc3)cc2=O)cc1)C(=O)O.[H-].[H-].[Mg+2]. The van der Waals surface area contributed by atoms with Gasteiger partial charge in [0.25, 0.3) is 5.56 Å². The molecule has 0 fully saturated rings. The van der Waals surface area contributed by atoms with Gasteiger partial charge in [-0.1, -0.05) is 49.4 Å². The van der Waals surface area contributed by atoms with Crippen molar-refractivity contribution in [3.8, 4) is 17.0 Å². The van der Waals surface area contributed by atoms with Crippen LogP contribution in [-0.2, 0) is 28.9 Å². The average Bonchev–Trinajstić information content (AvgIpc) is 2.81. The van der Waals surface area contributed by atoms with E-state index < -0.39 is 12.1 Å². The van der Waals surface area contributed by atoms with Gasteiger partial charge in [0.1, 0.15) is 18.2 Å². The predicted molar refractivity (Wildman–Crippen MR) is 130 cm³/mol. The normalized spacial score (nSPS) is 11.5. The molecule has 0 aliphatic rings. The van der Waals surface area contributed by atoms with E-state index in [2.05, 4.69) is 4.98 Å². The van der Waals surface area contributed by atoms with Crippen LogP contribution < -0.4 is 10.3 Å². The molecule has 0 bridgehead atoms. The summed E-state index contributed by atoms with van der Waals surface area (Å²) in [5, 5.41) is 9.21. The van der Waals surface area contributed by atoms with Crippen molar-refractivity contribution in [2.75, 3.05) is 13.2 Å². The van der Waals surface area contributed by atoms with E-state index >= 15 is 0 Å². The van der Waals surface area contributed by atoms with E-state index in [1.807, 2.05) is 49.4 Å². The molecule has 33 heavy (non-hydrogen) atoms. The number of benzene rings is 2. The van der Waals surface area contributed by atoms with Crippen LogP contribution in [0.2, 0.25) is 0 Å². The van der Waals surface area contributed by atoms with E-state index in [1.165, 1.54) is 0 Å². The summed E-state index contributed by atoms with van der Waals surface area (Å²) in [5.41, 5.74) is 2.33. The summed E-state index contributed by atoms with van der Waals surface area (Å²) in [6.45, 7) is 4.79. The maximum absolute atomic E-state index is 12.7. The zero-order valence-electron chi connectivity index (χ0n) is 21.1. The molecule has 1 atom stereocenters. The molecule has 0 aliphatic heterocycles. The second-order valence-electron chi connectivity index (χ2n) is 7.25. The van der Waals surface area contributed by atoms with E-state index in [0.717, 1.165) is 11.1 Å². The smallest absolute Gasteiger partial charge is 1.00 e. The number of ether oxygens (including phenoxy) is 2. The second kappa shape index (κ2) is 13.1. The molecule has 1 aromatic heterocycles. The van der Waals surface area contributed by atoms with Gasteiger partial charge in [-0.05, 0) is 24.6 Å². The fourth-order valence-corrected chi connectivity index (χ4v) is 3.43. The minimum atomic E-state index is -0.976. The van der Waals surface area contributed by atoms with Crippen molar-refractivity contribution in [1.82, 2.24) is 9.55 Å². The summed E-state index contributed by atoms with van der Waals surface area (Å²) in [6.07, 6.45) is 0.0605. The summed E-state index contributed by atoms with van der Waals surface area (Å²) in [4.78, 5) is 28.6. The number of carbonyl (C=O) groups is 1. The first-order chi connectivity index (χ1) is 15.5. The van der Waals surface area contributed by atoms with Gasteiger partial charge in [0.15, 0.2) is 6.10 Å². The van der Waals surface area contributed by atoms with Crippen molar-refractivity contribution in [2.24, 2.45) is 0 Å². The summed E-state index contributed by atoms with van der Waals surface area (Å²) in [7, 11) is 0. The number of carboxylic acid groups (broad SMARTS) is 1. The Balaban J connectivity index is 0.00000385. The third-order valence-corrected chi connectivity index (χ3v) is 5.04. The molecular weight excluding hydrogens is 433 g/mol. The number of carboxylic acids is 1. The summed E-state index contributed by atoms with van der Waals surface area (Å²) < 4.78 is 12.7. The van der Waals surface area contributed by atoms with Crippen molar-refractivity contribution in [1.29, 1.82) is 0 Å². The molecule has 7 nitrogen and oxygen atoms in total. The Morgan fingerprint density at radius 3 is 2.42 bits per heavy atom. The van der Waals surface area contributed by atoms with Crippen LogP contribution in [0.25, 0.3) is 11.3 Å². The molecule has 3 aromatic rings. The summed E-state index contributed by atoms with van der Waals surface area (Å²) in [6, 6.07) is 18.4. The van der Waals surface area contributed by atoms with Crippen LogP contribution >= 0.6 is 0 Å². The van der Waals surface area contributed by atoms with Crippen LogP contribution in [0, 0.1) is 0 Å². The molecule has 8 heteroatoms. The van der Waals surface area contributed by atoms with Gasteiger partial charge in [-0.2, -0.15) is 0 Å². The van der Waals surface area contributed by atoms with E-state index in [-0.39, 0.29) is 37.9 Å². The van der Waals surface area contributed by atoms with Gasteiger partial charge in [-0.15, -0.1) is 0 Å². The third-order valence-electron chi connectivity index (χ3n) is 5.04. The van der Waals surface area contributed by atoms with Crippen LogP contribution in [0.3, 0.4) is 0 Å². The molecule has 0 amide bonds. The fourth-order valence-electron chi connectivity index (χ4n) is 3.43. The van der Waals surface area contributed by atoms with Gasteiger partial charge in [0.05, 0.1) is 12.2 Å². The Bertz CT molecular complexity index is 1100. The molecule has 0 aliphatic carbocycles. The van der Waals surface area contributed by atoms with Crippen molar-refractivity contribution in [3.63, 3.8) is 0 Å². The standard InChI is InChI=1S/C25H28N2O5.Mg.2H/c1-3-23-26-21(19-8-6-5-7-9-19)17-24(28)27(23)14-15-32-20-12-10-18(11-13-20)16-22(25(29)30)31-4-2;;;/h5-13,17,22H,3-4,14-16H2,1-2H3,(H,29,30);;;/q;+2;2*-1. The molecule has 0 spiro atoms.